The molecule has 0 aliphatic rings. The first-order valence-electron chi connectivity index (χ1n) is 7.65. The second kappa shape index (κ2) is 6.89. The molecule has 2 aromatic heterocycles. The molecule has 2 aromatic carbocycles. The average Bonchev–Trinajstić information content (AvgIpc) is 3.10. The monoisotopic (exact) mass is 385 g/mol. The van der Waals surface area contributed by atoms with Crippen molar-refractivity contribution in [1.29, 1.82) is 0 Å². The van der Waals surface area contributed by atoms with Crippen LogP contribution in [-0.4, -0.2) is 19.6 Å². The van der Waals surface area contributed by atoms with Gasteiger partial charge in [-0.3, -0.25) is 9.36 Å². The summed E-state index contributed by atoms with van der Waals surface area (Å²) in [6, 6.07) is 12.6. The largest absolute Gasteiger partial charge is 0.508 e. The Morgan fingerprint density at radius 2 is 2.00 bits per heavy atom. The zero-order chi connectivity index (χ0) is 18.1. The summed E-state index contributed by atoms with van der Waals surface area (Å²) < 4.78 is 15.3. The zero-order valence-electron chi connectivity index (χ0n) is 13.3. The van der Waals surface area contributed by atoms with Gasteiger partial charge >= 0.3 is 0 Å². The minimum Gasteiger partial charge on any atom is -0.508 e. The lowest BCUT2D eigenvalue weighted by Gasteiger charge is -2.12. The van der Waals surface area contributed by atoms with Gasteiger partial charge in [0.2, 0.25) is 0 Å². The number of thiazole rings is 1. The van der Waals surface area contributed by atoms with E-state index >= 15 is 0 Å². The van der Waals surface area contributed by atoms with Crippen LogP contribution in [0.25, 0.3) is 16.0 Å². The number of hydrogen-bond acceptors (Lipinski definition) is 6. The van der Waals surface area contributed by atoms with Gasteiger partial charge in [0.05, 0.1) is 11.2 Å². The number of rotatable bonds is 4. The van der Waals surface area contributed by atoms with Crippen LogP contribution >= 0.6 is 23.1 Å². The third-order valence-electron chi connectivity index (χ3n) is 3.70. The summed E-state index contributed by atoms with van der Waals surface area (Å²) in [5, 5.41) is 9.97. The van der Waals surface area contributed by atoms with Crippen molar-refractivity contribution in [3.63, 3.8) is 0 Å². The van der Waals surface area contributed by atoms with E-state index in [0.717, 1.165) is 5.56 Å². The number of phenolic OH excluding ortho intramolecular Hbond substituents is 1. The lowest BCUT2D eigenvalue weighted by Crippen LogP contribution is -2.21. The van der Waals surface area contributed by atoms with Crippen LogP contribution in [0.3, 0.4) is 0 Å². The Hall–Kier alpha value is -2.71. The summed E-state index contributed by atoms with van der Waals surface area (Å²) in [5.74, 6) is 0.266. The predicted octanol–water partition coefficient (Wildman–Crippen LogP) is 3.98. The summed E-state index contributed by atoms with van der Waals surface area (Å²) >= 11 is 2.56. The molecule has 4 aromatic rings. The maximum atomic E-state index is 13.4. The molecule has 0 aliphatic carbocycles. The highest BCUT2D eigenvalue weighted by Gasteiger charge is 2.15. The van der Waals surface area contributed by atoms with E-state index in [1.165, 1.54) is 51.9 Å². The minimum atomic E-state index is -0.304. The van der Waals surface area contributed by atoms with Gasteiger partial charge in [0.1, 0.15) is 16.3 Å². The number of fused-ring (bicyclic) bond motifs is 1. The lowest BCUT2D eigenvalue weighted by atomic mass is 10.2. The van der Waals surface area contributed by atoms with Crippen molar-refractivity contribution in [3.05, 3.63) is 75.8 Å². The van der Waals surface area contributed by atoms with Gasteiger partial charge in [-0.2, -0.15) is 0 Å². The van der Waals surface area contributed by atoms with E-state index in [1.807, 2.05) is 6.07 Å². The molecule has 0 unspecified atom stereocenters. The smallest absolute Gasteiger partial charge is 0.278 e. The predicted molar refractivity (Wildman–Crippen MR) is 101 cm³/mol. The second-order valence-electron chi connectivity index (χ2n) is 5.48. The highest BCUT2D eigenvalue weighted by Crippen LogP contribution is 2.26. The third-order valence-corrected chi connectivity index (χ3v) is 5.52. The molecule has 0 saturated carbocycles. The maximum absolute atomic E-state index is 13.4. The number of nitrogens with zero attached hydrogens (tertiary/aromatic N) is 3. The van der Waals surface area contributed by atoms with E-state index in [4.69, 9.17) is 0 Å². The fourth-order valence-electron chi connectivity index (χ4n) is 2.50. The van der Waals surface area contributed by atoms with Gasteiger partial charge in [0.25, 0.3) is 5.56 Å². The maximum Gasteiger partial charge on any atom is 0.278 e. The highest BCUT2D eigenvalue weighted by atomic mass is 32.2. The summed E-state index contributed by atoms with van der Waals surface area (Å²) in [5.41, 5.74) is 3.15. The van der Waals surface area contributed by atoms with Crippen molar-refractivity contribution in [3.8, 4) is 11.4 Å². The lowest BCUT2D eigenvalue weighted by molar-refractivity contribution is 0.475. The minimum absolute atomic E-state index is 0.114. The van der Waals surface area contributed by atoms with Gasteiger partial charge in [-0.25, -0.2) is 14.4 Å². The van der Waals surface area contributed by atoms with Gasteiger partial charge in [0, 0.05) is 5.75 Å². The molecule has 0 aliphatic heterocycles. The molecule has 0 bridgehead atoms. The average molecular weight is 385 g/mol. The summed E-state index contributed by atoms with van der Waals surface area (Å²) in [6.45, 7) is 0. The quantitative estimate of drug-likeness (QED) is 0.425. The Kier molecular flexibility index (Phi) is 4.44. The molecule has 0 atom stereocenters. The van der Waals surface area contributed by atoms with Crippen LogP contribution in [0.4, 0.5) is 4.39 Å². The first kappa shape index (κ1) is 16.7. The van der Waals surface area contributed by atoms with Crippen LogP contribution in [0.5, 0.6) is 5.75 Å². The molecule has 8 heteroatoms. The third kappa shape index (κ3) is 3.21. The van der Waals surface area contributed by atoms with Gasteiger partial charge in [-0.1, -0.05) is 23.9 Å². The second-order valence-corrected chi connectivity index (χ2v) is 7.27. The number of hydrogen-bond donors (Lipinski definition) is 1. The van der Waals surface area contributed by atoms with E-state index in [9.17, 15) is 14.3 Å². The van der Waals surface area contributed by atoms with Crippen molar-refractivity contribution < 1.29 is 9.50 Å². The van der Waals surface area contributed by atoms with E-state index in [2.05, 4.69) is 9.97 Å². The number of halogens is 1. The number of phenols is 1. The zero-order valence-corrected chi connectivity index (χ0v) is 14.9. The van der Waals surface area contributed by atoms with E-state index < -0.39 is 0 Å². The molecular formula is C18H12FN3O2S2. The van der Waals surface area contributed by atoms with Crippen molar-refractivity contribution in [2.45, 2.75) is 10.9 Å². The molecule has 0 amide bonds. The first-order valence-corrected chi connectivity index (χ1v) is 9.51. The van der Waals surface area contributed by atoms with E-state index in [-0.39, 0.29) is 17.1 Å². The number of aromatic hydroxyl groups is 1. The van der Waals surface area contributed by atoms with Crippen LogP contribution in [0.1, 0.15) is 5.56 Å². The van der Waals surface area contributed by atoms with Crippen LogP contribution in [0.2, 0.25) is 0 Å². The number of aromatic nitrogens is 3. The molecule has 1 N–H and O–H groups in total. The Bertz CT molecular complexity index is 1140. The molecular weight excluding hydrogens is 373 g/mol. The van der Waals surface area contributed by atoms with Gasteiger partial charge < -0.3 is 5.11 Å². The molecule has 0 saturated heterocycles. The summed E-state index contributed by atoms with van der Waals surface area (Å²) in [4.78, 5) is 21.6. The first-order chi connectivity index (χ1) is 12.6. The van der Waals surface area contributed by atoms with Crippen molar-refractivity contribution >= 4 is 33.4 Å². The van der Waals surface area contributed by atoms with E-state index in [1.54, 1.807) is 23.7 Å². The molecule has 2 heterocycles. The SMILES string of the molecule is O=c1c2scnc2nc(SCc2cccc(F)c2)n1-c1ccc(O)cc1. The molecule has 0 radical (unpaired) electrons. The van der Waals surface area contributed by atoms with Crippen LogP contribution in [0, 0.1) is 5.82 Å². The Morgan fingerprint density at radius 1 is 1.19 bits per heavy atom. The van der Waals surface area contributed by atoms with Gasteiger partial charge in [-0.05, 0) is 42.0 Å². The van der Waals surface area contributed by atoms with Crippen molar-refractivity contribution in [1.82, 2.24) is 14.5 Å². The van der Waals surface area contributed by atoms with Crippen LogP contribution < -0.4 is 5.56 Å². The fraction of sp³-hybridized carbons (Fsp3) is 0.0556. The Balaban J connectivity index is 1.80. The molecule has 0 spiro atoms. The van der Waals surface area contributed by atoms with Crippen molar-refractivity contribution in [2.75, 3.05) is 0 Å². The standard InChI is InChI=1S/C18H12FN3O2S2/c19-12-3-1-2-11(8-12)9-25-18-21-16-15(26-10-20-16)17(24)22(18)13-4-6-14(23)7-5-13/h1-8,10,23H,9H2. The molecule has 4 rings (SSSR count). The molecule has 130 valence electrons. The number of benzene rings is 2. The van der Waals surface area contributed by atoms with Crippen molar-refractivity contribution in [2.24, 2.45) is 0 Å². The fourth-order valence-corrected chi connectivity index (χ4v) is 4.09. The molecule has 26 heavy (non-hydrogen) atoms. The van der Waals surface area contributed by atoms with Gasteiger partial charge in [-0.15, -0.1) is 11.3 Å². The van der Waals surface area contributed by atoms with Gasteiger partial charge in [0.15, 0.2) is 10.8 Å². The summed E-state index contributed by atoms with van der Waals surface area (Å²) in [6.07, 6.45) is 0. The molecule has 5 nitrogen and oxygen atoms in total. The highest BCUT2D eigenvalue weighted by molar-refractivity contribution is 7.98. The number of thioether (sulfide) groups is 1. The summed E-state index contributed by atoms with van der Waals surface area (Å²) in [7, 11) is 0. The van der Waals surface area contributed by atoms with E-state index in [0.29, 0.717) is 26.9 Å². The molecule has 0 fully saturated rings. The Labute approximate surface area is 155 Å². The topological polar surface area (TPSA) is 68.0 Å². The normalized spacial score (nSPS) is 11.1. The van der Waals surface area contributed by atoms with Crippen LogP contribution in [0.15, 0.2) is 64.0 Å². The van der Waals surface area contributed by atoms with Crippen LogP contribution in [-0.2, 0) is 5.75 Å². The Morgan fingerprint density at radius 3 is 2.77 bits per heavy atom.